The highest BCUT2D eigenvalue weighted by Gasteiger charge is 2.33. The van der Waals surface area contributed by atoms with Crippen LogP contribution in [0.2, 0.25) is 0 Å². The minimum Gasteiger partial charge on any atom is -0.481 e. The third kappa shape index (κ3) is 4.21. The number of hydrogen-bond acceptors (Lipinski definition) is 4. The van der Waals surface area contributed by atoms with Gasteiger partial charge in [0.25, 0.3) is 0 Å². The first kappa shape index (κ1) is 14.8. The first-order valence-corrected chi connectivity index (χ1v) is 7.08. The number of amides is 2. The van der Waals surface area contributed by atoms with Gasteiger partial charge in [-0.05, 0) is 6.42 Å². The lowest BCUT2D eigenvalue weighted by Crippen LogP contribution is -2.47. The Morgan fingerprint density at radius 3 is 2.78 bits per heavy atom. The van der Waals surface area contributed by atoms with Crippen molar-refractivity contribution in [3.63, 3.8) is 0 Å². The number of rotatable bonds is 6. The molecule has 2 amide bonds. The Labute approximate surface area is 110 Å². The summed E-state index contributed by atoms with van der Waals surface area (Å²) in [4.78, 5) is 35.4. The fourth-order valence-electron chi connectivity index (χ4n) is 1.68. The molecule has 2 N–H and O–H groups in total. The van der Waals surface area contributed by atoms with E-state index in [2.05, 4.69) is 5.32 Å². The van der Waals surface area contributed by atoms with Crippen molar-refractivity contribution in [2.45, 2.75) is 32.2 Å². The SMILES string of the molecule is CCC(=O)N1CSCC1C(=O)NCCCC(=O)O. The van der Waals surface area contributed by atoms with E-state index in [-0.39, 0.29) is 18.2 Å². The highest BCUT2D eigenvalue weighted by atomic mass is 32.2. The van der Waals surface area contributed by atoms with Crippen LogP contribution >= 0.6 is 11.8 Å². The lowest BCUT2D eigenvalue weighted by Gasteiger charge is -2.22. The molecule has 1 saturated heterocycles. The molecule has 0 aromatic carbocycles. The van der Waals surface area contributed by atoms with Crippen LogP contribution in [0.25, 0.3) is 0 Å². The molecule has 0 aromatic heterocycles. The molecule has 1 atom stereocenters. The topological polar surface area (TPSA) is 86.7 Å². The molecular formula is C11H18N2O4S. The maximum Gasteiger partial charge on any atom is 0.303 e. The normalized spacial score (nSPS) is 18.7. The van der Waals surface area contributed by atoms with Gasteiger partial charge >= 0.3 is 5.97 Å². The second-order valence-corrected chi connectivity index (χ2v) is 5.02. The molecule has 7 heteroatoms. The lowest BCUT2D eigenvalue weighted by molar-refractivity contribution is -0.138. The van der Waals surface area contributed by atoms with Crippen LogP contribution in [-0.2, 0) is 14.4 Å². The number of carbonyl (C=O) groups is 3. The Hall–Kier alpha value is -1.24. The van der Waals surface area contributed by atoms with E-state index < -0.39 is 12.0 Å². The van der Waals surface area contributed by atoms with Crippen molar-refractivity contribution in [1.29, 1.82) is 0 Å². The quantitative estimate of drug-likeness (QED) is 0.679. The standard InChI is InChI=1S/C11H18N2O4S/c1-2-9(14)13-7-18-6-8(13)11(17)12-5-3-4-10(15)16/h8H,2-7H2,1H3,(H,12,17)(H,15,16). The van der Waals surface area contributed by atoms with Crippen LogP contribution in [0, 0.1) is 0 Å². The Kier molecular flexibility index (Phi) is 5.97. The van der Waals surface area contributed by atoms with Gasteiger partial charge in [-0.2, -0.15) is 0 Å². The molecule has 0 bridgehead atoms. The van der Waals surface area contributed by atoms with Crippen LogP contribution in [0.4, 0.5) is 0 Å². The highest BCUT2D eigenvalue weighted by Crippen LogP contribution is 2.21. The molecule has 1 aliphatic heterocycles. The molecule has 0 radical (unpaired) electrons. The molecule has 6 nitrogen and oxygen atoms in total. The van der Waals surface area contributed by atoms with Crippen molar-refractivity contribution in [1.82, 2.24) is 10.2 Å². The first-order chi connectivity index (χ1) is 8.56. The van der Waals surface area contributed by atoms with Crippen molar-refractivity contribution < 1.29 is 19.5 Å². The molecule has 0 aliphatic carbocycles. The van der Waals surface area contributed by atoms with Gasteiger partial charge in [0.1, 0.15) is 6.04 Å². The molecule has 1 rings (SSSR count). The molecule has 1 unspecified atom stereocenters. The zero-order chi connectivity index (χ0) is 13.5. The van der Waals surface area contributed by atoms with Gasteiger partial charge in [0.05, 0.1) is 5.88 Å². The van der Waals surface area contributed by atoms with E-state index in [1.807, 2.05) is 0 Å². The molecule has 0 spiro atoms. The summed E-state index contributed by atoms with van der Waals surface area (Å²) in [5, 5.41) is 11.1. The predicted molar refractivity (Wildman–Crippen MR) is 68.1 cm³/mol. The summed E-state index contributed by atoms with van der Waals surface area (Å²) >= 11 is 1.56. The van der Waals surface area contributed by atoms with Crippen molar-refractivity contribution in [3.05, 3.63) is 0 Å². The number of carboxylic acids is 1. The van der Waals surface area contributed by atoms with Gasteiger partial charge in [-0.25, -0.2) is 0 Å². The van der Waals surface area contributed by atoms with E-state index in [4.69, 9.17) is 5.11 Å². The summed E-state index contributed by atoms with van der Waals surface area (Å²) < 4.78 is 0. The molecule has 0 aromatic rings. The van der Waals surface area contributed by atoms with Crippen molar-refractivity contribution >= 4 is 29.5 Å². The number of aliphatic carboxylic acids is 1. The summed E-state index contributed by atoms with van der Waals surface area (Å²) in [6.07, 6.45) is 0.837. The molecular weight excluding hydrogens is 256 g/mol. The van der Waals surface area contributed by atoms with Gasteiger partial charge in [-0.1, -0.05) is 6.92 Å². The summed E-state index contributed by atoms with van der Waals surface area (Å²) in [5.74, 6) is 0.0810. The number of hydrogen-bond donors (Lipinski definition) is 2. The van der Waals surface area contributed by atoms with E-state index in [1.54, 1.807) is 23.6 Å². The Morgan fingerprint density at radius 2 is 2.17 bits per heavy atom. The molecule has 18 heavy (non-hydrogen) atoms. The highest BCUT2D eigenvalue weighted by molar-refractivity contribution is 7.99. The van der Waals surface area contributed by atoms with Gasteiger partial charge in [0, 0.05) is 25.1 Å². The van der Waals surface area contributed by atoms with Crippen LogP contribution in [-0.4, -0.2) is 52.0 Å². The lowest BCUT2D eigenvalue weighted by atomic mass is 10.2. The van der Waals surface area contributed by atoms with Gasteiger partial charge in [0.15, 0.2) is 0 Å². The van der Waals surface area contributed by atoms with Gasteiger partial charge in [-0.3, -0.25) is 14.4 Å². The monoisotopic (exact) mass is 274 g/mol. The summed E-state index contributed by atoms with van der Waals surface area (Å²) in [6.45, 7) is 2.10. The number of nitrogens with one attached hydrogen (secondary N) is 1. The minimum absolute atomic E-state index is 0.0225. The Bertz CT molecular complexity index is 335. The molecule has 0 saturated carbocycles. The largest absolute Gasteiger partial charge is 0.481 e. The molecule has 1 heterocycles. The van der Waals surface area contributed by atoms with E-state index in [0.717, 1.165) is 0 Å². The second kappa shape index (κ2) is 7.25. The summed E-state index contributed by atoms with van der Waals surface area (Å²) in [7, 11) is 0. The zero-order valence-electron chi connectivity index (χ0n) is 10.3. The average Bonchev–Trinajstić information content (AvgIpc) is 2.82. The maximum absolute atomic E-state index is 11.9. The van der Waals surface area contributed by atoms with Crippen LogP contribution < -0.4 is 5.32 Å². The van der Waals surface area contributed by atoms with Gasteiger partial charge in [-0.15, -0.1) is 11.8 Å². The van der Waals surface area contributed by atoms with E-state index in [0.29, 0.717) is 31.0 Å². The molecule has 1 aliphatic rings. The van der Waals surface area contributed by atoms with Crippen molar-refractivity contribution in [2.24, 2.45) is 0 Å². The summed E-state index contributed by atoms with van der Waals surface area (Å²) in [5.41, 5.74) is 0. The number of nitrogens with zero attached hydrogens (tertiary/aromatic N) is 1. The predicted octanol–water partition coefficient (Wildman–Crippen LogP) is 0.279. The van der Waals surface area contributed by atoms with Gasteiger partial charge < -0.3 is 15.3 Å². The third-order valence-corrected chi connectivity index (χ3v) is 3.69. The van der Waals surface area contributed by atoms with E-state index >= 15 is 0 Å². The Balaban J connectivity index is 2.36. The van der Waals surface area contributed by atoms with Crippen molar-refractivity contribution in [3.8, 4) is 0 Å². The summed E-state index contributed by atoms with van der Waals surface area (Å²) in [6, 6.07) is -0.410. The third-order valence-electron chi connectivity index (χ3n) is 2.67. The van der Waals surface area contributed by atoms with E-state index in [1.165, 1.54) is 0 Å². The zero-order valence-corrected chi connectivity index (χ0v) is 11.2. The van der Waals surface area contributed by atoms with Crippen molar-refractivity contribution in [2.75, 3.05) is 18.2 Å². The fourth-order valence-corrected chi connectivity index (χ4v) is 2.86. The first-order valence-electron chi connectivity index (χ1n) is 5.93. The van der Waals surface area contributed by atoms with E-state index in [9.17, 15) is 14.4 Å². The molecule has 102 valence electrons. The number of carboxylic acid groups (broad SMARTS) is 1. The number of carbonyl (C=O) groups excluding carboxylic acids is 2. The average molecular weight is 274 g/mol. The smallest absolute Gasteiger partial charge is 0.303 e. The molecule has 1 fully saturated rings. The number of thioether (sulfide) groups is 1. The van der Waals surface area contributed by atoms with Crippen LogP contribution in [0.3, 0.4) is 0 Å². The van der Waals surface area contributed by atoms with Crippen LogP contribution in [0.1, 0.15) is 26.2 Å². The minimum atomic E-state index is -0.872. The van der Waals surface area contributed by atoms with Crippen LogP contribution in [0.5, 0.6) is 0 Å². The Morgan fingerprint density at radius 1 is 1.44 bits per heavy atom. The van der Waals surface area contributed by atoms with Crippen LogP contribution in [0.15, 0.2) is 0 Å². The second-order valence-electron chi connectivity index (χ2n) is 4.02. The fraction of sp³-hybridized carbons (Fsp3) is 0.727. The maximum atomic E-state index is 11.9. The van der Waals surface area contributed by atoms with Gasteiger partial charge in [0.2, 0.25) is 11.8 Å².